The number of amides is 4. The van der Waals surface area contributed by atoms with Crippen LogP contribution in [0.5, 0.6) is 5.75 Å². The van der Waals surface area contributed by atoms with Crippen LogP contribution < -0.4 is 20.3 Å². The summed E-state index contributed by atoms with van der Waals surface area (Å²) in [6.07, 6.45) is 2.01. The zero-order valence-corrected chi connectivity index (χ0v) is 15.7. The van der Waals surface area contributed by atoms with Crippen LogP contribution in [0.15, 0.2) is 48.5 Å². The molecule has 8 heteroatoms. The molecule has 2 heterocycles. The van der Waals surface area contributed by atoms with E-state index in [-0.39, 0.29) is 24.5 Å². The highest BCUT2D eigenvalue weighted by Gasteiger charge is 2.30. The molecule has 0 saturated carbocycles. The van der Waals surface area contributed by atoms with Crippen molar-refractivity contribution in [3.8, 4) is 5.75 Å². The zero-order valence-electron chi connectivity index (χ0n) is 15.7. The number of para-hydroxylation sites is 1. The van der Waals surface area contributed by atoms with Crippen LogP contribution in [0.25, 0.3) is 0 Å². The molecule has 0 bridgehead atoms. The second-order valence-electron chi connectivity index (χ2n) is 6.83. The van der Waals surface area contributed by atoms with Crippen molar-refractivity contribution in [1.29, 1.82) is 0 Å². The zero-order chi connectivity index (χ0) is 20.2. The van der Waals surface area contributed by atoms with Gasteiger partial charge in [0, 0.05) is 12.3 Å². The Kier molecular flexibility index (Phi) is 5.44. The Labute approximate surface area is 167 Å². The second kappa shape index (κ2) is 8.32. The Balaban J connectivity index is 1.48. The van der Waals surface area contributed by atoms with Gasteiger partial charge in [-0.15, -0.1) is 0 Å². The number of carbonyl (C=O) groups excluding carboxylic acids is 3. The first kappa shape index (κ1) is 18.9. The van der Waals surface area contributed by atoms with E-state index < -0.39 is 6.03 Å². The number of ether oxygens (including phenoxy) is 2. The summed E-state index contributed by atoms with van der Waals surface area (Å²) in [6.45, 7) is 1.10. The van der Waals surface area contributed by atoms with Crippen molar-refractivity contribution >= 4 is 29.2 Å². The third kappa shape index (κ3) is 4.22. The van der Waals surface area contributed by atoms with Gasteiger partial charge >= 0.3 is 6.03 Å². The fraction of sp³-hybridized carbons (Fsp3) is 0.286. The van der Waals surface area contributed by atoms with Gasteiger partial charge in [-0.2, -0.15) is 0 Å². The van der Waals surface area contributed by atoms with Gasteiger partial charge in [0.25, 0.3) is 11.8 Å². The highest BCUT2D eigenvalue weighted by Crippen LogP contribution is 2.24. The molecule has 0 radical (unpaired) electrons. The largest absolute Gasteiger partial charge is 0.490 e. The lowest BCUT2D eigenvalue weighted by Gasteiger charge is -2.16. The van der Waals surface area contributed by atoms with Gasteiger partial charge in [-0.25, -0.2) is 9.69 Å². The molecular formula is C21H21N3O5. The predicted molar refractivity (Wildman–Crippen MR) is 106 cm³/mol. The van der Waals surface area contributed by atoms with Crippen LogP contribution >= 0.6 is 0 Å². The monoisotopic (exact) mass is 395 g/mol. The summed E-state index contributed by atoms with van der Waals surface area (Å²) < 4.78 is 11.4. The van der Waals surface area contributed by atoms with Crippen molar-refractivity contribution in [1.82, 2.24) is 5.32 Å². The van der Waals surface area contributed by atoms with Crippen LogP contribution in [0.4, 0.5) is 16.2 Å². The summed E-state index contributed by atoms with van der Waals surface area (Å²) in [5, 5.41) is 5.27. The Hall–Kier alpha value is -3.39. The smallest absolute Gasteiger partial charge is 0.329 e. The number of carbonyl (C=O) groups is 3. The Morgan fingerprint density at radius 2 is 2.07 bits per heavy atom. The average Bonchev–Trinajstić information content (AvgIpc) is 3.36. The minimum atomic E-state index is -0.480. The Bertz CT molecular complexity index is 923. The van der Waals surface area contributed by atoms with Gasteiger partial charge in [-0.3, -0.25) is 9.59 Å². The third-order valence-electron chi connectivity index (χ3n) is 4.79. The summed E-state index contributed by atoms with van der Waals surface area (Å²) in [5.41, 5.74) is 1.26. The maximum absolute atomic E-state index is 12.8. The van der Waals surface area contributed by atoms with Crippen LogP contribution in [0.3, 0.4) is 0 Å². The van der Waals surface area contributed by atoms with Crippen LogP contribution in [-0.4, -0.2) is 43.7 Å². The first-order valence-corrected chi connectivity index (χ1v) is 9.47. The van der Waals surface area contributed by atoms with Gasteiger partial charge in [0.15, 0.2) is 0 Å². The highest BCUT2D eigenvalue weighted by molar-refractivity contribution is 6.20. The molecular weight excluding hydrogens is 374 g/mol. The molecule has 0 aromatic heterocycles. The summed E-state index contributed by atoms with van der Waals surface area (Å²) in [7, 11) is 0. The summed E-state index contributed by atoms with van der Waals surface area (Å²) in [6, 6.07) is 13.1. The number of nitrogens with zero attached hydrogens (tertiary/aromatic N) is 1. The van der Waals surface area contributed by atoms with E-state index in [2.05, 4.69) is 10.6 Å². The summed E-state index contributed by atoms with van der Waals surface area (Å²) >= 11 is 0. The topological polar surface area (TPSA) is 97.0 Å². The van der Waals surface area contributed by atoms with Crippen LogP contribution in [0.2, 0.25) is 0 Å². The Morgan fingerprint density at radius 1 is 1.21 bits per heavy atom. The fourth-order valence-corrected chi connectivity index (χ4v) is 3.34. The molecule has 2 aliphatic heterocycles. The van der Waals surface area contributed by atoms with Crippen molar-refractivity contribution in [2.24, 2.45) is 0 Å². The maximum Gasteiger partial charge on any atom is 0.329 e. The Morgan fingerprint density at radius 3 is 2.83 bits per heavy atom. The van der Waals surface area contributed by atoms with E-state index in [0.29, 0.717) is 29.3 Å². The number of imide groups is 1. The summed E-state index contributed by atoms with van der Waals surface area (Å²) in [5.74, 6) is -0.209. The molecule has 2 aromatic rings. The second-order valence-corrected chi connectivity index (χ2v) is 6.83. The SMILES string of the molecule is O=C(Nc1cccc(N2C(=O)CNC2=O)c1)c1ccccc1OC[C@@H]1CCCO1. The van der Waals surface area contributed by atoms with Gasteiger partial charge < -0.3 is 20.1 Å². The molecule has 0 unspecified atom stereocenters. The quantitative estimate of drug-likeness (QED) is 0.733. The van der Waals surface area contributed by atoms with Crippen molar-refractivity contribution < 1.29 is 23.9 Å². The van der Waals surface area contributed by atoms with Crippen LogP contribution in [0.1, 0.15) is 23.2 Å². The van der Waals surface area contributed by atoms with Crippen LogP contribution in [0, 0.1) is 0 Å². The normalized spacial score (nSPS) is 18.6. The van der Waals surface area contributed by atoms with E-state index in [4.69, 9.17) is 9.47 Å². The average molecular weight is 395 g/mol. The molecule has 29 heavy (non-hydrogen) atoms. The number of anilines is 2. The van der Waals surface area contributed by atoms with Crippen molar-refractivity contribution in [2.75, 3.05) is 30.0 Å². The number of hydrogen-bond donors (Lipinski definition) is 2. The number of hydrogen-bond acceptors (Lipinski definition) is 5. The van der Waals surface area contributed by atoms with Crippen LogP contribution in [-0.2, 0) is 9.53 Å². The number of urea groups is 1. The third-order valence-corrected chi connectivity index (χ3v) is 4.79. The lowest BCUT2D eigenvalue weighted by atomic mass is 10.1. The van der Waals surface area contributed by atoms with Gasteiger partial charge in [0.1, 0.15) is 12.4 Å². The first-order chi connectivity index (χ1) is 14.1. The van der Waals surface area contributed by atoms with E-state index in [0.717, 1.165) is 24.3 Å². The van der Waals surface area contributed by atoms with Gasteiger partial charge in [-0.1, -0.05) is 18.2 Å². The highest BCUT2D eigenvalue weighted by atomic mass is 16.5. The van der Waals surface area contributed by atoms with E-state index in [1.165, 1.54) is 0 Å². The van der Waals surface area contributed by atoms with Gasteiger partial charge in [0.2, 0.25) is 0 Å². The molecule has 2 aromatic carbocycles. The van der Waals surface area contributed by atoms with E-state index in [9.17, 15) is 14.4 Å². The van der Waals surface area contributed by atoms with Crippen molar-refractivity contribution in [2.45, 2.75) is 18.9 Å². The molecule has 2 fully saturated rings. The number of rotatable bonds is 6. The fourth-order valence-electron chi connectivity index (χ4n) is 3.34. The molecule has 8 nitrogen and oxygen atoms in total. The molecule has 4 rings (SSSR count). The van der Waals surface area contributed by atoms with E-state index in [1.807, 2.05) is 0 Å². The first-order valence-electron chi connectivity index (χ1n) is 9.47. The maximum atomic E-state index is 12.8. The van der Waals surface area contributed by atoms with Crippen molar-refractivity contribution in [3.63, 3.8) is 0 Å². The molecule has 2 saturated heterocycles. The molecule has 4 amide bonds. The minimum absolute atomic E-state index is 0.0369. The summed E-state index contributed by atoms with van der Waals surface area (Å²) in [4.78, 5) is 37.6. The number of benzene rings is 2. The lowest BCUT2D eigenvalue weighted by Crippen LogP contribution is -2.30. The minimum Gasteiger partial charge on any atom is -0.490 e. The standard InChI is InChI=1S/C21H21N3O5/c25-19-12-22-21(27)24(19)15-6-3-5-14(11-15)23-20(26)17-8-1-2-9-18(17)29-13-16-7-4-10-28-16/h1-3,5-6,8-9,11,16H,4,7,10,12-13H2,(H,22,27)(H,23,26)/t16-/m0/s1. The molecule has 2 N–H and O–H groups in total. The van der Waals surface area contributed by atoms with Crippen molar-refractivity contribution in [3.05, 3.63) is 54.1 Å². The molecule has 1 atom stereocenters. The van der Waals surface area contributed by atoms with Gasteiger partial charge in [0.05, 0.1) is 23.9 Å². The molecule has 0 spiro atoms. The van der Waals surface area contributed by atoms with E-state index in [1.54, 1.807) is 48.5 Å². The number of nitrogens with one attached hydrogen (secondary N) is 2. The lowest BCUT2D eigenvalue weighted by molar-refractivity contribution is -0.115. The van der Waals surface area contributed by atoms with Gasteiger partial charge in [-0.05, 0) is 43.2 Å². The molecule has 150 valence electrons. The predicted octanol–water partition coefficient (Wildman–Crippen LogP) is 2.55. The molecule has 0 aliphatic carbocycles. The molecule has 2 aliphatic rings. The van der Waals surface area contributed by atoms with E-state index >= 15 is 0 Å².